The fourth-order valence-corrected chi connectivity index (χ4v) is 7.35. The number of hydrogen-bond donors (Lipinski definition) is 0. The molecule has 0 aliphatic heterocycles. The van der Waals surface area contributed by atoms with E-state index in [2.05, 4.69) is 97.8 Å². The molecule has 3 heterocycles. The maximum absolute atomic E-state index is 6.46. The summed E-state index contributed by atoms with van der Waals surface area (Å²) in [4.78, 5) is 20.2. The summed E-state index contributed by atoms with van der Waals surface area (Å²) in [6.07, 6.45) is 7.80. The van der Waals surface area contributed by atoms with E-state index in [0.29, 0.717) is 23.5 Å². The molecule has 0 radical (unpaired) electrons. The van der Waals surface area contributed by atoms with E-state index < -0.39 is 0 Å². The molecule has 5 aromatic carbocycles. The lowest BCUT2D eigenvalue weighted by Crippen LogP contribution is -2.15. The van der Waals surface area contributed by atoms with Gasteiger partial charge in [-0.2, -0.15) is 9.97 Å². The average molecular weight is 648 g/mol. The number of benzene rings is 5. The fourth-order valence-electron chi connectivity index (χ4n) is 7.35. The Kier molecular flexibility index (Phi) is 6.74. The normalized spacial score (nSPS) is 13.6. The topological polar surface area (TPSA) is 69.6 Å². The monoisotopic (exact) mass is 647 g/mol. The summed E-state index contributed by atoms with van der Waals surface area (Å²) in [6, 6.07) is 37.7. The van der Waals surface area contributed by atoms with E-state index in [1.165, 1.54) is 11.1 Å². The van der Waals surface area contributed by atoms with E-state index in [9.17, 15) is 0 Å². The lowest BCUT2D eigenvalue weighted by molar-refractivity contribution is 0.567. The molecule has 0 saturated heterocycles. The second kappa shape index (κ2) is 11.3. The number of oxazole rings is 1. The van der Waals surface area contributed by atoms with Crippen molar-refractivity contribution >= 4 is 38.5 Å². The number of para-hydroxylation sites is 2. The first kappa shape index (κ1) is 29.7. The molecule has 0 amide bonds. The first-order valence-corrected chi connectivity index (χ1v) is 16.8. The largest absolute Gasteiger partial charge is 0.436 e. The van der Waals surface area contributed by atoms with Crippen molar-refractivity contribution in [2.24, 2.45) is 0 Å². The molecule has 0 atom stereocenters. The van der Waals surface area contributed by atoms with Gasteiger partial charge in [-0.25, -0.2) is 9.97 Å². The zero-order valence-electron chi connectivity index (χ0n) is 28.1. The van der Waals surface area contributed by atoms with E-state index in [1.807, 2.05) is 67.6 Å². The van der Waals surface area contributed by atoms with Gasteiger partial charge in [-0.3, -0.25) is 4.57 Å². The molecule has 1 aliphatic rings. The van der Waals surface area contributed by atoms with Crippen LogP contribution in [0.1, 0.15) is 37.8 Å². The van der Waals surface area contributed by atoms with E-state index >= 15 is 0 Å². The molecule has 3 aromatic heterocycles. The lowest BCUT2D eigenvalue weighted by atomic mass is 9.81. The second-order valence-electron chi connectivity index (χ2n) is 13.2. The maximum Gasteiger partial charge on any atom is 0.238 e. The predicted octanol–water partition coefficient (Wildman–Crippen LogP) is 10.9. The van der Waals surface area contributed by atoms with Gasteiger partial charge in [0.25, 0.3) is 0 Å². The second-order valence-corrected chi connectivity index (χ2v) is 13.2. The molecular formula is C44H33N5O. The minimum absolute atomic E-state index is 0.371. The highest BCUT2D eigenvalue weighted by atomic mass is 16.3. The highest BCUT2D eigenvalue weighted by Crippen LogP contribution is 2.52. The molecule has 240 valence electrons. The molecule has 50 heavy (non-hydrogen) atoms. The van der Waals surface area contributed by atoms with Crippen LogP contribution in [0.4, 0.5) is 0 Å². The van der Waals surface area contributed by atoms with Crippen LogP contribution in [0.25, 0.3) is 78.3 Å². The number of fused-ring (bicyclic) bond motifs is 8. The highest BCUT2D eigenvalue weighted by Gasteiger charge is 2.39. The summed E-state index contributed by atoms with van der Waals surface area (Å²) in [5.74, 6) is 2.34. The van der Waals surface area contributed by atoms with Crippen LogP contribution in [-0.4, -0.2) is 24.5 Å². The number of aromatic nitrogens is 5. The van der Waals surface area contributed by atoms with Crippen molar-refractivity contribution in [2.75, 3.05) is 0 Å². The van der Waals surface area contributed by atoms with Gasteiger partial charge in [-0.15, -0.1) is 0 Å². The van der Waals surface area contributed by atoms with Gasteiger partial charge in [0, 0.05) is 38.5 Å². The third-order valence-corrected chi connectivity index (χ3v) is 9.74. The molecule has 0 unspecified atom stereocenters. The summed E-state index contributed by atoms with van der Waals surface area (Å²) in [7, 11) is 0. The Morgan fingerprint density at radius 3 is 2.08 bits per heavy atom. The van der Waals surface area contributed by atoms with Crippen molar-refractivity contribution < 1.29 is 4.42 Å². The van der Waals surface area contributed by atoms with Crippen molar-refractivity contribution in [1.82, 2.24) is 24.5 Å². The molecule has 1 aliphatic carbocycles. The Bertz CT molecular complexity index is 2660. The van der Waals surface area contributed by atoms with Crippen LogP contribution in [0.2, 0.25) is 0 Å². The summed E-state index contributed by atoms with van der Waals surface area (Å²) in [6.45, 7) is 10.7. The van der Waals surface area contributed by atoms with Crippen LogP contribution in [-0.2, 0) is 5.41 Å². The zero-order chi connectivity index (χ0) is 34.0. The van der Waals surface area contributed by atoms with Crippen LogP contribution >= 0.6 is 0 Å². The summed E-state index contributed by atoms with van der Waals surface area (Å²) < 4.78 is 8.60. The highest BCUT2D eigenvalue weighted by molar-refractivity contribution is 6.09. The Balaban J connectivity index is 1.21. The number of nitrogens with zero attached hydrogens (tertiary/aromatic N) is 5. The Labute approximate surface area is 289 Å². The van der Waals surface area contributed by atoms with Crippen LogP contribution in [0, 0.1) is 0 Å². The molecule has 6 heteroatoms. The SMILES string of the molecule is C=C(/C=C\C=C/C)c1nc2ccc3c(c2o1)C(C)(C)c1cc(-c2nc(-c4ccccc4)nc(-n4c5ccccc5c5ccccc54)n2)ccc1-3. The van der Waals surface area contributed by atoms with Crippen LogP contribution in [0.3, 0.4) is 0 Å². The number of rotatable bonds is 6. The van der Waals surface area contributed by atoms with E-state index in [0.717, 1.165) is 60.7 Å². The third-order valence-electron chi connectivity index (χ3n) is 9.74. The fraction of sp³-hybridized carbons (Fsp3) is 0.0909. The zero-order valence-corrected chi connectivity index (χ0v) is 28.1. The molecule has 0 N–H and O–H groups in total. The van der Waals surface area contributed by atoms with Gasteiger partial charge < -0.3 is 4.42 Å². The molecule has 0 saturated carbocycles. The third kappa shape index (κ3) is 4.56. The van der Waals surface area contributed by atoms with Gasteiger partial charge in [0.15, 0.2) is 17.2 Å². The molecule has 9 rings (SSSR count). The van der Waals surface area contributed by atoms with Gasteiger partial charge in [0.1, 0.15) is 5.52 Å². The first-order chi connectivity index (χ1) is 24.4. The van der Waals surface area contributed by atoms with E-state index in [-0.39, 0.29) is 5.41 Å². The van der Waals surface area contributed by atoms with Gasteiger partial charge in [-0.1, -0.05) is 130 Å². The van der Waals surface area contributed by atoms with Gasteiger partial charge >= 0.3 is 0 Å². The van der Waals surface area contributed by atoms with Crippen molar-refractivity contribution in [3.63, 3.8) is 0 Å². The van der Waals surface area contributed by atoms with E-state index in [1.54, 1.807) is 0 Å². The van der Waals surface area contributed by atoms with Crippen molar-refractivity contribution in [3.05, 3.63) is 157 Å². The minimum atomic E-state index is -0.371. The number of hydrogen-bond acceptors (Lipinski definition) is 5. The van der Waals surface area contributed by atoms with Gasteiger partial charge in [0.2, 0.25) is 11.8 Å². The summed E-state index contributed by atoms with van der Waals surface area (Å²) in [5.41, 5.74) is 10.5. The quantitative estimate of drug-likeness (QED) is 0.168. The standard InChI is InChI=1S/C44H33N5O/c1-5-6-8-15-27(2)42-45-35-25-24-33-30-23-22-29(26-34(30)44(3,4)38(33)39(35)50-42)41-46-40(28-16-9-7-10-17-28)47-43(48-41)49-36-20-13-11-18-31(36)32-19-12-14-21-37(32)49/h5-26H,2H2,1,3-4H3/b6-5-,15-8-. The van der Waals surface area contributed by atoms with Crippen LogP contribution < -0.4 is 0 Å². The Hall–Kier alpha value is -6.40. The number of allylic oxidation sites excluding steroid dienone is 5. The maximum atomic E-state index is 6.46. The molecule has 6 nitrogen and oxygen atoms in total. The lowest BCUT2D eigenvalue weighted by Gasteiger charge is -2.21. The summed E-state index contributed by atoms with van der Waals surface area (Å²) >= 11 is 0. The first-order valence-electron chi connectivity index (χ1n) is 16.8. The molecule has 8 aromatic rings. The molecule has 0 bridgehead atoms. The minimum Gasteiger partial charge on any atom is -0.436 e. The molecule has 0 fully saturated rings. The molecular weight excluding hydrogens is 615 g/mol. The predicted molar refractivity (Wildman–Crippen MR) is 203 cm³/mol. The van der Waals surface area contributed by atoms with Crippen LogP contribution in [0.5, 0.6) is 0 Å². The van der Waals surface area contributed by atoms with Gasteiger partial charge in [0.05, 0.1) is 11.0 Å². The Morgan fingerprint density at radius 2 is 1.36 bits per heavy atom. The van der Waals surface area contributed by atoms with Crippen molar-refractivity contribution in [1.29, 1.82) is 0 Å². The Morgan fingerprint density at radius 1 is 0.700 bits per heavy atom. The smallest absolute Gasteiger partial charge is 0.238 e. The summed E-state index contributed by atoms with van der Waals surface area (Å²) in [5, 5.41) is 2.31. The van der Waals surface area contributed by atoms with E-state index in [4.69, 9.17) is 24.4 Å². The average Bonchev–Trinajstić information content (AvgIpc) is 3.80. The van der Waals surface area contributed by atoms with Gasteiger partial charge in [-0.05, 0) is 47.9 Å². The van der Waals surface area contributed by atoms with Crippen molar-refractivity contribution in [2.45, 2.75) is 26.2 Å². The van der Waals surface area contributed by atoms with Crippen molar-refractivity contribution in [3.8, 4) is 39.9 Å². The molecule has 0 spiro atoms. The van der Waals surface area contributed by atoms with Crippen LogP contribution in [0.15, 0.2) is 144 Å².